The number of rotatable bonds is 23. The summed E-state index contributed by atoms with van der Waals surface area (Å²) in [5.74, 6) is 0. The zero-order chi connectivity index (χ0) is 26.0. The highest BCUT2D eigenvalue weighted by atomic mass is 32.3. The van der Waals surface area contributed by atoms with Crippen molar-refractivity contribution in [1.82, 2.24) is 0 Å². The topological polar surface area (TPSA) is 107 Å². The van der Waals surface area contributed by atoms with Crippen molar-refractivity contribution in [1.29, 1.82) is 0 Å². The maximum absolute atomic E-state index is 9.45. The van der Waals surface area contributed by atoms with Crippen LogP contribution in [0.5, 0.6) is 0 Å². The van der Waals surface area contributed by atoms with Gasteiger partial charge in [0.1, 0.15) is 13.1 Å². The summed E-state index contributed by atoms with van der Waals surface area (Å²) >= 11 is 0. The largest absolute Gasteiger partial charge is 0.726 e. The number of nitrogens with zero attached hydrogens (tertiary/aromatic N) is 1. The Hall–Kier alpha value is -0.510. The molecule has 0 bridgehead atoms. The summed E-state index contributed by atoms with van der Waals surface area (Å²) < 4.78 is 32.9. The molecule has 2 N–H and O–H groups in total. The summed E-state index contributed by atoms with van der Waals surface area (Å²) in [6, 6.07) is 0. The SMILES string of the molecule is CCCCCCCCC=CCCCCCCCC[N+](CC)(CCO)CCO.CCOS(=O)(=O)[O-]. The molecular formula is C26H55NO6S. The lowest BCUT2D eigenvalue weighted by Crippen LogP contribution is -2.52. The van der Waals surface area contributed by atoms with Gasteiger partial charge in [-0.3, -0.25) is 4.18 Å². The summed E-state index contributed by atoms with van der Waals surface area (Å²) in [7, 11) is -4.42. The average molecular weight is 510 g/mol. The highest BCUT2D eigenvalue weighted by Crippen LogP contribution is 2.13. The molecule has 0 aliphatic carbocycles. The van der Waals surface area contributed by atoms with Crippen molar-refractivity contribution in [2.75, 3.05) is 46.0 Å². The summed E-state index contributed by atoms with van der Waals surface area (Å²) in [4.78, 5) is 0. The van der Waals surface area contributed by atoms with Crippen molar-refractivity contribution in [3.8, 4) is 0 Å². The minimum atomic E-state index is -4.42. The van der Waals surface area contributed by atoms with Crippen molar-refractivity contribution < 1.29 is 31.8 Å². The first kappa shape index (κ1) is 35.7. The van der Waals surface area contributed by atoms with Gasteiger partial charge in [-0.1, -0.05) is 70.4 Å². The van der Waals surface area contributed by atoms with E-state index in [9.17, 15) is 23.2 Å². The van der Waals surface area contributed by atoms with E-state index in [4.69, 9.17) is 0 Å². The molecule has 0 aliphatic rings. The molecule has 0 saturated carbocycles. The first-order valence-electron chi connectivity index (χ1n) is 13.6. The van der Waals surface area contributed by atoms with Crippen LogP contribution >= 0.6 is 0 Å². The zero-order valence-electron chi connectivity index (χ0n) is 22.4. The molecule has 0 saturated heterocycles. The van der Waals surface area contributed by atoms with Crippen molar-refractivity contribution in [2.45, 2.75) is 111 Å². The number of aliphatic hydroxyl groups is 2. The standard InChI is InChI=1S/C24H50NO2.C2H6O4S/c1-3-5-6-7-8-9-10-11-12-13-14-15-16-17-18-19-20-25(4-2,21-23-26)22-24-27;1-2-6-7(3,4)5/h11-12,26-27H,3-10,13-24H2,1-2H3;2H2,1H3,(H,3,4,5)/q+1;/p-1. The number of hydrogen-bond acceptors (Lipinski definition) is 6. The predicted octanol–water partition coefficient (Wildman–Crippen LogP) is 5.33. The first-order chi connectivity index (χ1) is 16.3. The fraction of sp³-hybridized carbons (Fsp3) is 0.923. The molecule has 0 fully saturated rings. The van der Waals surface area contributed by atoms with Gasteiger partial charge >= 0.3 is 0 Å². The van der Waals surface area contributed by atoms with Crippen LogP contribution in [0.3, 0.4) is 0 Å². The van der Waals surface area contributed by atoms with Gasteiger partial charge in [-0.25, -0.2) is 8.42 Å². The number of aliphatic hydroxyl groups excluding tert-OH is 2. The first-order valence-corrected chi connectivity index (χ1v) is 15.0. The Morgan fingerprint density at radius 1 is 0.706 bits per heavy atom. The van der Waals surface area contributed by atoms with Crippen LogP contribution in [0.2, 0.25) is 0 Å². The highest BCUT2D eigenvalue weighted by molar-refractivity contribution is 7.80. The molecule has 0 atom stereocenters. The molecule has 0 aromatic heterocycles. The third kappa shape index (κ3) is 26.1. The molecule has 206 valence electrons. The fourth-order valence-corrected chi connectivity index (χ4v) is 4.36. The van der Waals surface area contributed by atoms with E-state index in [1.54, 1.807) is 0 Å². The van der Waals surface area contributed by atoms with E-state index in [0.29, 0.717) is 0 Å². The molecule has 0 aromatic carbocycles. The number of likely N-dealkylation sites (N-methyl/N-ethyl adjacent to an activating group) is 1. The molecule has 0 unspecified atom stereocenters. The second-order valence-electron chi connectivity index (χ2n) is 9.03. The van der Waals surface area contributed by atoms with Gasteiger partial charge in [0.05, 0.1) is 32.9 Å². The molecule has 0 aromatic rings. The van der Waals surface area contributed by atoms with Gasteiger partial charge in [0.2, 0.25) is 10.4 Å². The Kier molecular flexibility index (Phi) is 26.8. The Balaban J connectivity index is 0. The fourth-order valence-electron chi connectivity index (χ4n) is 4.07. The average Bonchev–Trinajstić information content (AvgIpc) is 2.78. The number of hydrogen-bond donors (Lipinski definition) is 2. The van der Waals surface area contributed by atoms with E-state index in [1.165, 1.54) is 96.8 Å². The molecule has 7 nitrogen and oxygen atoms in total. The van der Waals surface area contributed by atoms with Crippen LogP contribution in [-0.2, 0) is 14.6 Å². The lowest BCUT2D eigenvalue weighted by molar-refractivity contribution is -0.927. The van der Waals surface area contributed by atoms with Crippen LogP contribution in [0, 0.1) is 0 Å². The summed E-state index contributed by atoms with van der Waals surface area (Å²) in [6.45, 7) is 9.89. The molecule has 34 heavy (non-hydrogen) atoms. The molecule has 0 spiro atoms. The number of unbranched alkanes of at least 4 members (excludes halogenated alkanes) is 12. The quantitative estimate of drug-likeness (QED) is 0.0634. The van der Waals surface area contributed by atoms with Gasteiger partial charge < -0.3 is 19.2 Å². The van der Waals surface area contributed by atoms with Crippen LogP contribution < -0.4 is 0 Å². The van der Waals surface area contributed by atoms with E-state index in [2.05, 4.69) is 30.2 Å². The van der Waals surface area contributed by atoms with Crippen LogP contribution in [0.1, 0.15) is 111 Å². The third-order valence-electron chi connectivity index (χ3n) is 6.23. The molecular weight excluding hydrogens is 454 g/mol. The van der Waals surface area contributed by atoms with E-state index in [0.717, 1.165) is 30.7 Å². The molecule has 0 amide bonds. The van der Waals surface area contributed by atoms with Crippen molar-refractivity contribution in [3.63, 3.8) is 0 Å². The van der Waals surface area contributed by atoms with Crippen molar-refractivity contribution in [2.24, 2.45) is 0 Å². The normalized spacial score (nSPS) is 12.2. The Morgan fingerprint density at radius 2 is 1.15 bits per heavy atom. The van der Waals surface area contributed by atoms with Gasteiger partial charge in [0, 0.05) is 0 Å². The Labute approximate surface area is 211 Å². The van der Waals surface area contributed by atoms with Crippen LogP contribution in [-0.4, -0.2) is 73.7 Å². The van der Waals surface area contributed by atoms with E-state index in [-0.39, 0.29) is 19.8 Å². The molecule has 0 rings (SSSR count). The van der Waals surface area contributed by atoms with E-state index in [1.807, 2.05) is 0 Å². The highest BCUT2D eigenvalue weighted by Gasteiger charge is 2.23. The Morgan fingerprint density at radius 3 is 1.50 bits per heavy atom. The second kappa shape index (κ2) is 25.6. The van der Waals surface area contributed by atoms with E-state index < -0.39 is 10.4 Å². The lowest BCUT2D eigenvalue weighted by atomic mass is 10.1. The molecule has 0 aliphatic heterocycles. The van der Waals surface area contributed by atoms with Gasteiger partial charge in [0.15, 0.2) is 0 Å². The minimum absolute atomic E-state index is 0.0914. The lowest BCUT2D eigenvalue weighted by Gasteiger charge is -2.37. The van der Waals surface area contributed by atoms with Gasteiger partial charge in [-0.15, -0.1) is 0 Å². The third-order valence-corrected chi connectivity index (χ3v) is 6.75. The van der Waals surface area contributed by atoms with Crippen molar-refractivity contribution in [3.05, 3.63) is 12.2 Å². The van der Waals surface area contributed by atoms with Crippen molar-refractivity contribution >= 4 is 10.4 Å². The van der Waals surface area contributed by atoms with Gasteiger partial charge in [-0.05, 0) is 52.4 Å². The summed E-state index contributed by atoms with van der Waals surface area (Å²) in [6.07, 6.45) is 23.5. The second-order valence-corrected chi connectivity index (χ2v) is 10.1. The van der Waals surface area contributed by atoms with Gasteiger partial charge in [0.25, 0.3) is 0 Å². The van der Waals surface area contributed by atoms with Crippen LogP contribution in [0.4, 0.5) is 0 Å². The number of allylic oxidation sites excluding steroid dienone is 2. The molecule has 0 heterocycles. The molecule has 0 radical (unpaired) electrons. The maximum Gasteiger partial charge on any atom is 0.217 e. The summed E-state index contributed by atoms with van der Waals surface area (Å²) in [5.41, 5.74) is 0. The molecule has 8 heteroatoms. The number of quaternary nitrogens is 1. The summed E-state index contributed by atoms with van der Waals surface area (Å²) in [5, 5.41) is 18.6. The monoisotopic (exact) mass is 509 g/mol. The van der Waals surface area contributed by atoms with Gasteiger partial charge in [-0.2, -0.15) is 0 Å². The van der Waals surface area contributed by atoms with Crippen LogP contribution in [0.25, 0.3) is 0 Å². The predicted molar refractivity (Wildman–Crippen MR) is 140 cm³/mol. The smallest absolute Gasteiger partial charge is 0.217 e. The van der Waals surface area contributed by atoms with E-state index >= 15 is 0 Å². The maximum atomic E-state index is 9.45. The van der Waals surface area contributed by atoms with Crippen LogP contribution in [0.15, 0.2) is 12.2 Å². The minimum Gasteiger partial charge on any atom is -0.726 e. The zero-order valence-corrected chi connectivity index (χ0v) is 23.2. The Bertz CT molecular complexity index is 533.